The van der Waals surface area contributed by atoms with E-state index < -0.39 is 5.60 Å². The van der Waals surface area contributed by atoms with Gasteiger partial charge in [0.05, 0.1) is 12.8 Å². The molecule has 0 fully saturated rings. The number of halogens is 1. The van der Waals surface area contributed by atoms with Crippen LogP contribution in [0.2, 0.25) is 5.02 Å². The minimum Gasteiger partial charge on any atom is -0.497 e. The standard InChI is InChI=1S/C19H19ClN2O4/c1-19(2)18(24)22(15-10-12(20)4-9-16(15)26-19)11-17(23)21-13-5-7-14(25-3)8-6-13/h4-10H,11H2,1-3H3,(H,21,23). The van der Waals surface area contributed by atoms with Gasteiger partial charge in [-0.2, -0.15) is 0 Å². The van der Waals surface area contributed by atoms with E-state index in [-0.39, 0.29) is 18.4 Å². The molecule has 2 aromatic rings. The number of benzene rings is 2. The fourth-order valence-electron chi connectivity index (χ4n) is 2.72. The summed E-state index contributed by atoms with van der Waals surface area (Å²) in [5, 5.41) is 3.23. The van der Waals surface area contributed by atoms with Gasteiger partial charge in [0.1, 0.15) is 18.0 Å². The van der Waals surface area contributed by atoms with Crippen molar-refractivity contribution in [2.24, 2.45) is 0 Å². The van der Waals surface area contributed by atoms with Gasteiger partial charge in [-0.05, 0) is 56.3 Å². The lowest BCUT2D eigenvalue weighted by molar-refractivity contribution is -0.133. The molecule has 1 N–H and O–H groups in total. The summed E-state index contributed by atoms with van der Waals surface area (Å²) in [7, 11) is 1.57. The fraction of sp³-hybridized carbons (Fsp3) is 0.263. The largest absolute Gasteiger partial charge is 0.497 e. The zero-order chi connectivity index (χ0) is 18.9. The normalized spacial score (nSPS) is 15.1. The molecule has 0 spiro atoms. The quantitative estimate of drug-likeness (QED) is 0.889. The Hall–Kier alpha value is -2.73. The van der Waals surface area contributed by atoms with Crippen LogP contribution in [-0.2, 0) is 9.59 Å². The fourth-order valence-corrected chi connectivity index (χ4v) is 2.88. The summed E-state index contributed by atoms with van der Waals surface area (Å²) in [6.07, 6.45) is 0. The lowest BCUT2D eigenvalue weighted by atomic mass is 10.0. The molecule has 0 aliphatic carbocycles. The molecule has 0 bridgehead atoms. The van der Waals surface area contributed by atoms with Crippen molar-refractivity contribution in [1.82, 2.24) is 0 Å². The van der Waals surface area contributed by atoms with E-state index in [4.69, 9.17) is 21.1 Å². The molecule has 6 nitrogen and oxygen atoms in total. The van der Waals surface area contributed by atoms with Gasteiger partial charge in [-0.3, -0.25) is 14.5 Å². The molecular formula is C19H19ClN2O4. The molecule has 7 heteroatoms. The van der Waals surface area contributed by atoms with E-state index in [0.717, 1.165) is 0 Å². The monoisotopic (exact) mass is 374 g/mol. The summed E-state index contributed by atoms with van der Waals surface area (Å²) in [5.74, 6) is 0.567. The SMILES string of the molecule is COc1ccc(NC(=O)CN2C(=O)C(C)(C)Oc3ccc(Cl)cc32)cc1. The first kappa shape index (κ1) is 18.1. The second-order valence-electron chi connectivity index (χ2n) is 6.39. The minimum atomic E-state index is -1.07. The number of rotatable bonds is 4. The van der Waals surface area contributed by atoms with Gasteiger partial charge in [0.15, 0.2) is 5.60 Å². The number of ether oxygens (including phenoxy) is 2. The van der Waals surface area contributed by atoms with Gasteiger partial charge >= 0.3 is 0 Å². The van der Waals surface area contributed by atoms with Crippen LogP contribution in [0.25, 0.3) is 0 Å². The third-order valence-corrected chi connectivity index (χ3v) is 4.25. The summed E-state index contributed by atoms with van der Waals surface area (Å²) >= 11 is 6.05. The molecule has 26 heavy (non-hydrogen) atoms. The Morgan fingerprint density at radius 2 is 1.92 bits per heavy atom. The molecule has 0 atom stereocenters. The molecule has 2 amide bonds. The van der Waals surface area contributed by atoms with E-state index >= 15 is 0 Å². The number of amides is 2. The van der Waals surface area contributed by atoms with Crippen molar-refractivity contribution in [2.45, 2.75) is 19.4 Å². The predicted molar refractivity (Wildman–Crippen MR) is 100 cm³/mol. The molecule has 3 rings (SSSR count). The maximum absolute atomic E-state index is 12.8. The highest BCUT2D eigenvalue weighted by atomic mass is 35.5. The highest BCUT2D eigenvalue weighted by molar-refractivity contribution is 6.31. The number of anilines is 2. The van der Waals surface area contributed by atoms with Crippen molar-refractivity contribution in [3.05, 3.63) is 47.5 Å². The smallest absolute Gasteiger partial charge is 0.271 e. The number of fused-ring (bicyclic) bond motifs is 1. The molecule has 1 heterocycles. The highest BCUT2D eigenvalue weighted by Crippen LogP contribution is 2.39. The molecule has 1 aliphatic heterocycles. The molecule has 1 aliphatic rings. The molecule has 0 aromatic heterocycles. The number of hydrogen-bond donors (Lipinski definition) is 1. The van der Waals surface area contributed by atoms with E-state index in [9.17, 15) is 9.59 Å². The Morgan fingerprint density at radius 1 is 1.23 bits per heavy atom. The van der Waals surface area contributed by atoms with Gasteiger partial charge in [0.25, 0.3) is 5.91 Å². The van der Waals surface area contributed by atoms with Gasteiger partial charge in [-0.15, -0.1) is 0 Å². The van der Waals surface area contributed by atoms with Crippen LogP contribution in [-0.4, -0.2) is 31.1 Å². The number of nitrogens with one attached hydrogen (secondary N) is 1. The van der Waals surface area contributed by atoms with Gasteiger partial charge in [-0.25, -0.2) is 0 Å². The van der Waals surface area contributed by atoms with Gasteiger partial charge in [0.2, 0.25) is 5.91 Å². The topological polar surface area (TPSA) is 67.9 Å². The first-order chi connectivity index (χ1) is 12.3. The third-order valence-electron chi connectivity index (χ3n) is 4.01. The van der Waals surface area contributed by atoms with E-state index in [1.165, 1.54) is 4.90 Å². The lowest BCUT2D eigenvalue weighted by Gasteiger charge is -2.38. The Morgan fingerprint density at radius 3 is 2.58 bits per heavy atom. The summed E-state index contributed by atoms with van der Waals surface area (Å²) in [6, 6.07) is 11.9. The second-order valence-corrected chi connectivity index (χ2v) is 6.83. The third kappa shape index (κ3) is 3.60. The number of hydrogen-bond acceptors (Lipinski definition) is 4. The van der Waals surface area contributed by atoms with Crippen LogP contribution < -0.4 is 19.7 Å². The van der Waals surface area contributed by atoms with Crippen LogP contribution in [0.3, 0.4) is 0 Å². The molecule has 0 saturated carbocycles. The second kappa shape index (κ2) is 6.88. The average Bonchev–Trinajstić information content (AvgIpc) is 2.60. The Bertz CT molecular complexity index is 849. The summed E-state index contributed by atoms with van der Waals surface area (Å²) < 4.78 is 10.8. The Kier molecular flexibility index (Phi) is 4.78. The highest BCUT2D eigenvalue weighted by Gasteiger charge is 2.41. The van der Waals surface area contributed by atoms with Crippen LogP contribution in [0, 0.1) is 0 Å². The van der Waals surface area contributed by atoms with Crippen LogP contribution >= 0.6 is 11.6 Å². The Balaban J connectivity index is 1.81. The first-order valence-corrected chi connectivity index (χ1v) is 8.42. The predicted octanol–water partition coefficient (Wildman–Crippen LogP) is 3.49. The summed E-state index contributed by atoms with van der Waals surface area (Å²) in [4.78, 5) is 26.6. The summed E-state index contributed by atoms with van der Waals surface area (Å²) in [5.41, 5.74) is 0.0232. The molecule has 136 valence electrons. The van der Waals surface area contributed by atoms with Gasteiger partial charge < -0.3 is 14.8 Å². The van der Waals surface area contributed by atoms with E-state index in [1.807, 2.05) is 0 Å². The van der Waals surface area contributed by atoms with E-state index in [2.05, 4.69) is 5.32 Å². The van der Waals surface area contributed by atoms with Crippen molar-refractivity contribution in [3.63, 3.8) is 0 Å². The van der Waals surface area contributed by atoms with Crippen molar-refractivity contribution in [2.75, 3.05) is 23.9 Å². The number of carbonyl (C=O) groups is 2. The number of carbonyl (C=O) groups excluding carboxylic acids is 2. The summed E-state index contributed by atoms with van der Waals surface area (Å²) in [6.45, 7) is 3.19. The van der Waals surface area contributed by atoms with Crippen molar-refractivity contribution in [1.29, 1.82) is 0 Å². The minimum absolute atomic E-state index is 0.148. The van der Waals surface area contributed by atoms with Crippen molar-refractivity contribution >= 4 is 34.8 Å². The van der Waals surface area contributed by atoms with Gasteiger partial charge in [0, 0.05) is 10.7 Å². The maximum atomic E-state index is 12.8. The first-order valence-electron chi connectivity index (χ1n) is 8.04. The zero-order valence-electron chi connectivity index (χ0n) is 14.7. The zero-order valence-corrected chi connectivity index (χ0v) is 15.5. The van der Waals surface area contributed by atoms with Crippen molar-refractivity contribution < 1.29 is 19.1 Å². The van der Waals surface area contributed by atoms with Crippen LogP contribution in [0.4, 0.5) is 11.4 Å². The van der Waals surface area contributed by atoms with Crippen molar-refractivity contribution in [3.8, 4) is 11.5 Å². The maximum Gasteiger partial charge on any atom is 0.271 e. The number of methoxy groups -OCH3 is 1. The van der Waals surface area contributed by atoms with Crippen LogP contribution in [0.5, 0.6) is 11.5 Å². The molecule has 0 unspecified atom stereocenters. The molecule has 0 radical (unpaired) electrons. The van der Waals surface area contributed by atoms with Gasteiger partial charge in [-0.1, -0.05) is 11.6 Å². The molecular weight excluding hydrogens is 356 g/mol. The van der Waals surface area contributed by atoms with E-state index in [0.29, 0.717) is 27.9 Å². The van der Waals surface area contributed by atoms with Crippen LogP contribution in [0.1, 0.15) is 13.8 Å². The van der Waals surface area contributed by atoms with E-state index in [1.54, 1.807) is 63.4 Å². The number of nitrogens with zero attached hydrogens (tertiary/aromatic N) is 1. The Labute approximate surface area is 156 Å². The molecule has 0 saturated heterocycles. The molecule has 2 aromatic carbocycles. The lowest BCUT2D eigenvalue weighted by Crippen LogP contribution is -2.54. The average molecular weight is 375 g/mol. The van der Waals surface area contributed by atoms with Crippen LogP contribution in [0.15, 0.2) is 42.5 Å².